The molecule has 5 rings (SSSR count). The van der Waals surface area contributed by atoms with Crippen molar-refractivity contribution in [2.24, 2.45) is 0 Å². The Bertz CT molecular complexity index is 1490. The Kier molecular flexibility index (Phi) is 6.18. The number of alkyl halides is 3. The fraction of sp³-hybridized carbons (Fsp3) is 0.320. The van der Waals surface area contributed by atoms with E-state index in [0.717, 1.165) is 27.4 Å². The van der Waals surface area contributed by atoms with Gasteiger partial charge in [-0.1, -0.05) is 37.3 Å². The summed E-state index contributed by atoms with van der Waals surface area (Å²) >= 11 is 0. The molecule has 192 valence electrons. The number of carbonyl (C=O) groups is 2. The standard InChI is InChI=1S/C25H24F3N7O2/c1-3-18-21(34-13-15(2)4-9-19(34)30-18)23(36)29-12-16-5-7-17(8-6-16)22-31-20-14-33(10-11-35(20)32-22)24(37)25(26,27)28/h4-9,13H,3,10-12,14H2,1-2H3,(H,29,36). The molecule has 12 heteroatoms. The van der Waals surface area contributed by atoms with Crippen LogP contribution in [0.25, 0.3) is 17.0 Å². The van der Waals surface area contributed by atoms with Crippen LogP contribution in [0.3, 0.4) is 0 Å². The maximum atomic E-state index is 13.0. The molecule has 0 radical (unpaired) electrons. The zero-order chi connectivity index (χ0) is 26.3. The molecule has 1 aliphatic heterocycles. The van der Waals surface area contributed by atoms with Gasteiger partial charge in [-0.25, -0.2) is 14.6 Å². The van der Waals surface area contributed by atoms with Gasteiger partial charge in [-0.2, -0.15) is 18.3 Å². The fourth-order valence-corrected chi connectivity index (χ4v) is 4.33. The van der Waals surface area contributed by atoms with Crippen molar-refractivity contribution in [1.82, 2.24) is 34.4 Å². The van der Waals surface area contributed by atoms with Crippen LogP contribution in [0.15, 0.2) is 42.6 Å². The highest BCUT2D eigenvalue weighted by Crippen LogP contribution is 2.24. The van der Waals surface area contributed by atoms with Gasteiger partial charge in [-0.3, -0.25) is 14.0 Å². The van der Waals surface area contributed by atoms with E-state index in [4.69, 9.17) is 0 Å². The first-order valence-electron chi connectivity index (χ1n) is 11.8. The number of nitrogens with one attached hydrogen (secondary N) is 1. The molecular formula is C25H24F3N7O2. The second-order valence-corrected chi connectivity index (χ2v) is 8.87. The van der Waals surface area contributed by atoms with Gasteiger partial charge in [0, 0.05) is 24.8 Å². The molecule has 3 aromatic heterocycles. The Labute approximate surface area is 209 Å². The summed E-state index contributed by atoms with van der Waals surface area (Å²) in [5.41, 5.74) is 4.51. The van der Waals surface area contributed by atoms with Crippen LogP contribution < -0.4 is 5.32 Å². The quantitative estimate of drug-likeness (QED) is 0.444. The first kappa shape index (κ1) is 24.5. The molecule has 0 atom stereocenters. The van der Waals surface area contributed by atoms with Gasteiger partial charge >= 0.3 is 12.1 Å². The summed E-state index contributed by atoms with van der Waals surface area (Å²) < 4.78 is 41.6. The number of hydrogen-bond donors (Lipinski definition) is 1. The maximum Gasteiger partial charge on any atom is 0.471 e. The first-order chi connectivity index (χ1) is 17.6. The van der Waals surface area contributed by atoms with Gasteiger partial charge in [0.1, 0.15) is 17.2 Å². The normalized spacial score (nSPS) is 13.6. The van der Waals surface area contributed by atoms with Crippen LogP contribution >= 0.6 is 0 Å². The van der Waals surface area contributed by atoms with Gasteiger partial charge in [0.15, 0.2) is 5.82 Å². The molecule has 0 saturated heterocycles. The first-order valence-corrected chi connectivity index (χ1v) is 11.8. The fourth-order valence-electron chi connectivity index (χ4n) is 4.33. The minimum Gasteiger partial charge on any atom is -0.347 e. The second kappa shape index (κ2) is 9.34. The number of carbonyl (C=O) groups excluding carboxylic acids is 2. The smallest absolute Gasteiger partial charge is 0.347 e. The van der Waals surface area contributed by atoms with Gasteiger partial charge in [-0.15, -0.1) is 0 Å². The monoisotopic (exact) mass is 511 g/mol. The number of nitrogens with zero attached hydrogens (tertiary/aromatic N) is 6. The lowest BCUT2D eigenvalue weighted by Gasteiger charge is -2.27. The van der Waals surface area contributed by atoms with E-state index in [0.29, 0.717) is 35.9 Å². The minimum atomic E-state index is -4.92. The highest BCUT2D eigenvalue weighted by Gasteiger charge is 2.43. The number of aryl methyl sites for hydroxylation is 2. The Morgan fingerprint density at radius 2 is 1.81 bits per heavy atom. The summed E-state index contributed by atoms with van der Waals surface area (Å²) in [5, 5.41) is 7.33. The van der Waals surface area contributed by atoms with Crippen LogP contribution in [0, 0.1) is 6.92 Å². The van der Waals surface area contributed by atoms with Crippen molar-refractivity contribution in [3.8, 4) is 11.4 Å². The summed E-state index contributed by atoms with van der Waals surface area (Å²) in [6, 6.07) is 11.1. The van der Waals surface area contributed by atoms with Crippen LogP contribution in [0.4, 0.5) is 13.2 Å². The number of amides is 2. The molecule has 9 nitrogen and oxygen atoms in total. The predicted molar refractivity (Wildman–Crippen MR) is 127 cm³/mol. The van der Waals surface area contributed by atoms with E-state index in [1.54, 1.807) is 12.1 Å². The van der Waals surface area contributed by atoms with Crippen molar-refractivity contribution in [2.75, 3.05) is 6.54 Å². The molecule has 4 aromatic rings. The summed E-state index contributed by atoms with van der Waals surface area (Å²) in [6.45, 7) is 4.01. The molecule has 37 heavy (non-hydrogen) atoms. The highest BCUT2D eigenvalue weighted by atomic mass is 19.4. The van der Waals surface area contributed by atoms with Crippen LogP contribution in [0.1, 0.15) is 40.1 Å². The van der Waals surface area contributed by atoms with Crippen molar-refractivity contribution < 1.29 is 22.8 Å². The topological polar surface area (TPSA) is 97.4 Å². The van der Waals surface area contributed by atoms with E-state index in [1.165, 1.54) is 4.68 Å². The van der Waals surface area contributed by atoms with E-state index in [-0.39, 0.29) is 25.5 Å². The predicted octanol–water partition coefficient (Wildman–Crippen LogP) is 3.30. The molecule has 0 spiro atoms. The van der Waals surface area contributed by atoms with Gasteiger partial charge in [0.25, 0.3) is 5.91 Å². The van der Waals surface area contributed by atoms with E-state index in [2.05, 4.69) is 20.4 Å². The molecule has 0 unspecified atom stereocenters. The Morgan fingerprint density at radius 1 is 1.05 bits per heavy atom. The molecule has 0 bridgehead atoms. The van der Waals surface area contributed by atoms with Crippen LogP contribution in [-0.4, -0.2) is 53.6 Å². The number of hydrogen-bond acceptors (Lipinski definition) is 5. The van der Waals surface area contributed by atoms with Crippen molar-refractivity contribution in [2.45, 2.75) is 46.1 Å². The van der Waals surface area contributed by atoms with E-state index in [9.17, 15) is 22.8 Å². The Balaban J connectivity index is 1.27. The van der Waals surface area contributed by atoms with Crippen molar-refractivity contribution in [3.05, 3.63) is 70.9 Å². The lowest BCUT2D eigenvalue weighted by molar-refractivity contribution is -0.187. The highest BCUT2D eigenvalue weighted by molar-refractivity contribution is 5.94. The number of halogens is 3. The number of aromatic nitrogens is 5. The van der Waals surface area contributed by atoms with Gasteiger partial charge in [0.05, 0.1) is 18.8 Å². The van der Waals surface area contributed by atoms with E-state index >= 15 is 0 Å². The molecule has 1 aromatic carbocycles. The van der Waals surface area contributed by atoms with E-state index < -0.39 is 12.1 Å². The van der Waals surface area contributed by atoms with Crippen molar-refractivity contribution >= 4 is 17.5 Å². The molecule has 4 heterocycles. The van der Waals surface area contributed by atoms with Crippen LogP contribution in [0.2, 0.25) is 0 Å². The SMILES string of the molecule is CCc1nc2ccc(C)cn2c1C(=O)NCc1ccc(-c2nc3n(n2)CCN(C(=O)C(F)(F)F)C3)cc1. The zero-order valence-electron chi connectivity index (χ0n) is 20.2. The Morgan fingerprint density at radius 3 is 2.51 bits per heavy atom. The number of rotatable bonds is 5. The second-order valence-electron chi connectivity index (χ2n) is 8.87. The summed E-state index contributed by atoms with van der Waals surface area (Å²) in [6.07, 6.45) is -2.40. The average molecular weight is 512 g/mol. The number of benzene rings is 1. The molecule has 1 aliphatic rings. The maximum absolute atomic E-state index is 13.0. The third kappa shape index (κ3) is 4.78. The molecule has 0 saturated carbocycles. The zero-order valence-corrected chi connectivity index (χ0v) is 20.2. The van der Waals surface area contributed by atoms with Crippen molar-refractivity contribution in [1.29, 1.82) is 0 Å². The molecule has 2 amide bonds. The summed E-state index contributed by atoms with van der Waals surface area (Å²) in [4.78, 5) is 34.2. The van der Waals surface area contributed by atoms with Gasteiger partial charge < -0.3 is 10.2 Å². The summed E-state index contributed by atoms with van der Waals surface area (Å²) in [5.74, 6) is -1.44. The minimum absolute atomic E-state index is 0.0848. The lowest BCUT2D eigenvalue weighted by atomic mass is 10.1. The largest absolute Gasteiger partial charge is 0.471 e. The third-order valence-corrected chi connectivity index (χ3v) is 6.25. The van der Waals surface area contributed by atoms with E-state index in [1.807, 2.05) is 48.7 Å². The summed E-state index contributed by atoms with van der Waals surface area (Å²) in [7, 11) is 0. The average Bonchev–Trinajstić information content (AvgIpc) is 3.47. The lowest BCUT2D eigenvalue weighted by Crippen LogP contribution is -2.45. The van der Waals surface area contributed by atoms with Crippen LogP contribution in [-0.2, 0) is 30.8 Å². The van der Waals surface area contributed by atoms with Crippen molar-refractivity contribution in [3.63, 3.8) is 0 Å². The van der Waals surface area contributed by atoms with Gasteiger partial charge in [-0.05, 0) is 30.5 Å². The molecule has 0 aliphatic carbocycles. The van der Waals surface area contributed by atoms with Crippen LogP contribution in [0.5, 0.6) is 0 Å². The number of pyridine rings is 1. The Hall–Kier alpha value is -4.22. The molecular weight excluding hydrogens is 487 g/mol. The number of fused-ring (bicyclic) bond motifs is 2. The third-order valence-electron chi connectivity index (χ3n) is 6.25. The number of imidazole rings is 1. The molecule has 0 fully saturated rings. The molecule has 1 N–H and O–H groups in total. The van der Waals surface area contributed by atoms with Gasteiger partial charge in [0.2, 0.25) is 0 Å².